The van der Waals surface area contributed by atoms with E-state index in [0.717, 1.165) is 35.3 Å². The number of aliphatic hydroxyl groups is 1. The van der Waals surface area contributed by atoms with Gasteiger partial charge in [0.1, 0.15) is 11.5 Å². The summed E-state index contributed by atoms with van der Waals surface area (Å²) in [6.07, 6.45) is 1.89. The molecule has 43 heavy (non-hydrogen) atoms. The first-order valence-electron chi connectivity index (χ1n) is 13.6. The molecule has 0 spiro atoms. The van der Waals surface area contributed by atoms with Crippen LogP contribution in [-0.4, -0.2) is 38.5 Å². The van der Waals surface area contributed by atoms with Gasteiger partial charge in [0.25, 0.3) is 11.5 Å². The van der Waals surface area contributed by atoms with E-state index in [1.54, 1.807) is 24.3 Å². The number of non-ortho nitro benzene ring substituents is 1. The summed E-state index contributed by atoms with van der Waals surface area (Å²) in [6, 6.07) is 19.1. The Labute approximate surface area is 256 Å². The topological polar surface area (TPSA) is 136 Å². The van der Waals surface area contributed by atoms with E-state index >= 15 is 0 Å². The molecule has 1 N–H and O–H groups in total. The highest BCUT2D eigenvalue weighted by molar-refractivity contribution is 8.00. The molecule has 1 fully saturated rings. The van der Waals surface area contributed by atoms with Crippen molar-refractivity contribution in [2.45, 2.75) is 42.8 Å². The highest BCUT2D eigenvalue weighted by Crippen LogP contribution is 2.44. The SMILES string of the molecule is CCCCOc1ccc(C(O)=C2C(=O)C(=O)N(c3nnc(SCc4ccc(C)cc4)s3)C2c2ccc([N+](=O)[O-])cc2)cc1. The van der Waals surface area contributed by atoms with Crippen LogP contribution in [0.4, 0.5) is 10.8 Å². The van der Waals surface area contributed by atoms with Gasteiger partial charge in [-0.05, 0) is 60.9 Å². The fourth-order valence-corrected chi connectivity index (χ4v) is 6.33. The molecule has 220 valence electrons. The second kappa shape index (κ2) is 13.2. The number of hydrogen-bond acceptors (Lipinski definition) is 10. The molecule has 0 radical (unpaired) electrons. The van der Waals surface area contributed by atoms with Gasteiger partial charge in [-0.1, -0.05) is 66.3 Å². The Balaban J connectivity index is 1.50. The van der Waals surface area contributed by atoms with Crippen molar-refractivity contribution < 1.29 is 24.4 Å². The summed E-state index contributed by atoms with van der Waals surface area (Å²) in [7, 11) is 0. The number of carbonyl (C=O) groups excluding carboxylic acids is 2. The fourth-order valence-electron chi connectivity index (χ4n) is 4.51. The molecule has 0 bridgehead atoms. The van der Waals surface area contributed by atoms with Crippen LogP contribution in [0.1, 0.15) is 48.1 Å². The summed E-state index contributed by atoms with van der Waals surface area (Å²) in [5.74, 6) is -0.897. The number of carbonyl (C=O) groups is 2. The van der Waals surface area contributed by atoms with Crippen molar-refractivity contribution in [1.29, 1.82) is 0 Å². The standard InChI is InChI=1S/C31H28N4O6S2/c1-3-4-17-41-24-15-11-22(12-16-24)27(36)25-26(21-9-13-23(14-10-21)35(39)40)34(29(38)28(25)37)30-32-33-31(43-30)42-18-20-7-5-19(2)6-8-20/h5-16,26,36H,3-4,17-18H2,1-2H3. The predicted octanol–water partition coefficient (Wildman–Crippen LogP) is 6.85. The number of ketones is 1. The first kappa shape index (κ1) is 29.9. The summed E-state index contributed by atoms with van der Waals surface area (Å²) in [4.78, 5) is 38.9. The number of aromatic nitrogens is 2. The van der Waals surface area contributed by atoms with Gasteiger partial charge in [0, 0.05) is 23.4 Å². The molecule has 10 nitrogen and oxygen atoms in total. The fraction of sp³-hybridized carbons (Fsp3) is 0.226. The molecule has 12 heteroatoms. The normalized spacial score (nSPS) is 16.0. The summed E-state index contributed by atoms with van der Waals surface area (Å²) >= 11 is 2.60. The number of aryl methyl sites for hydroxylation is 1. The highest BCUT2D eigenvalue weighted by Gasteiger charge is 2.48. The average Bonchev–Trinajstić information content (AvgIpc) is 3.58. The number of thioether (sulfide) groups is 1. The number of nitro groups is 1. The number of Topliss-reactive ketones (excluding diaryl/α,β-unsaturated/α-hetero) is 1. The van der Waals surface area contributed by atoms with E-state index in [0.29, 0.717) is 33.6 Å². The minimum absolute atomic E-state index is 0.148. The molecule has 4 aromatic rings. The monoisotopic (exact) mass is 616 g/mol. The van der Waals surface area contributed by atoms with Crippen LogP contribution in [0.25, 0.3) is 5.76 Å². The number of hydrogen-bond donors (Lipinski definition) is 1. The van der Waals surface area contributed by atoms with Crippen LogP contribution >= 0.6 is 23.1 Å². The number of unbranched alkanes of at least 4 members (excludes halogenated alkanes) is 1. The van der Waals surface area contributed by atoms with Gasteiger partial charge in [-0.3, -0.25) is 24.6 Å². The van der Waals surface area contributed by atoms with Gasteiger partial charge in [0.05, 0.1) is 23.1 Å². The molecule has 1 amide bonds. The Hall–Kier alpha value is -4.55. The van der Waals surface area contributed by atoms with E-state index in [9.17, 15) is 24.8 Å². The Kier molecular flexibility index (Phi) is 9.17. The lowest BCUT2D eigenvalue weighted by atomic mass is 9.95. The van der Waals surface area contributed by atoms with Crippen LogP contribution < -0.4 is 9.64 Å². The number of ether oxygens (including phenoxy) is 1. The van der Waals surface area contributed by atoms with E-state index in [1.165, 1.54) is 40.9 Å². The summed E-state index contributed by atoms with van der Waals surface area (Å²) in [5.41, 5.74) is 2.67. The minimum atomic E-state index is -1.08. The zero-order valence-electron chi connectivity index (χ0n) is 23.4. The molecule has 2 heterocycles. The lowest BCUT2D eigenvalue weighted by Gasteiger charge is -2.22. The second-order valence-corrected chi connectivity index (χ2v) is 12.0. The molecule has 1 unspecified atom stereocenters. The molecule has 0 saturated carbocycles. The van der Waals surface area contributed by atoms with Crippen LogP contribution in [0.15, 0.2) is 82.7 Å². The van der Waals surface area contributed by atoms with Crippen molar-refractivity contribution in [1.82, 2.24) is 10.2 Å². The van der Waals surface area contributed by atoms with Crippen molar-refractivity contribution in [3.05, 3.63) is 111 Å². The molecule has 1 atom stereocenters. The lowest BCUT2D eigenvalue weighted by Crippen LogP contribution is -2.29. The summed E-state index contributed by atoms with van der Waals surface area (Å²) < 4.78 is 6.29. The molecule has 1 aliphatic heterocycles. The van der Waals surface area contributed by atoms with Crippen molar-refractivity contribution in [2.75, 3.05) is 11.5 Å². The van der Waals surface area contributed by atoms with Gasteiger partial charge in [0.15, 0.2) is 4.34 Å². The maximum Gasteiger partial charge on any atom is 0.301 e. The lowest BCUT2D eigenvalue weighted by molar-refractivity contribution is -0.384. The number of nitrogens with zero attached hydrogens (tertiary/aromatic N) is 4. The maximum absolute atomic E-state index is 13.5. The average molecular weight is 617 g/mol. The Morgan fingerprint density at radius 1 is 1.05 bits per heavy atom. The van der Waals surface area contributed by atoms with Gasteiger partial charge in [-0.15, -0.1) is 10.2 Å². The van der Waals surface area contributed by atoms with Gasteiger partial charge in [0.2, 0.25) is 5.13 Å². The zero-order valence-corrected chi connectivity index (χ0v) is 25.1. The first-order chi connectivity index (χ1) is 20.8. The molecule has 1 aromatic heterocycles. The Morgan fingerprint density at radius 3 is 2.40 bits per heavy atom. The quantitative estimate of drug-likeness (QED) is 0.0280. The van der Waals surface area contributed by atoms with E-state index in [2.05, 4.69) is 17.1 Å². The minimum Gasteiger partial charge on any atom is -0.507 e. The second-order valence-electron chi connectivity index (χ2n) is 9.87. The van der Waals surface area contributed by atoms with Gasteiger partial charge >= 0.3 is 5.91 Å². The van der Waals surface area contributed by atoms with E-state index < -0.39 is 22.7 Å². The maximum atomic E-state index is 13.5. The van der Waals surface area contributed by atoms with Crippen LogP contribution in [-0.2, 0) is 15.3 Å². The predicted molar refractivity (Wildman–Crippen MR) is 165 cm³/mol. The third-order valence-electron chi connectivity index (χ3n) is 6.84. The third-order valence-corrected chi connectivity index (χ3v) is 8.97. The van der Waals surface area contributed by atoms with E-state index in [-0.39, 0.29) is 22.2 Å². The number of anilines is 1. The van der Waals surface area contributed by atoms with Gasteiger partial charge in [-0.2, -0.15) is 0 Å². The number of rotatable bonds is 11. The van der Waals surface area contributed by atoms with Crippen molar-refractivity contribution in [3.63, 3.8) is 0 Å². The molecule has 0 aliphatic carbocycles. The van der Waals surface area contributed by atoms with Crippen molar-refractivity contribution in [3.8, 4) is 5.75 Å². The largest absolute Gasteiger partial charge is 0.507 e. The third kappa shape index (κ3) is 6.60. The number of aliphatic hydroxyl groups excluding tert-OH is 1. The number of nitro benzene ring substituents is 1. The van der Waals surface area contributed by atoms with Gasteiger partial charge in [-0.25, -0.2) is 0 Å². The smallest absolute Gasteiger partial charge is 0.301 e. The molecule has 1 aliphatic rings. The zero-order chi connectivity index (χ0) is 30.5. The molecular weight excluding hydrogens is 588 g/mol. The summed E-state index contributed by atoms with van der Waals surface area (Å²) in [6.45, 7) is 4.64. The van der Waals surface area contributed by atoms with Crippen LogP contribution in [0.3, 0.4) is 0 Å². The van der Waals surface area contributed by atoms with Crippen LogP contribution in [0.2, 0.25) is 0 Å². The molecule has 3 aromatic carbocycles. The van der Waals surface area contributed by atoms with Gasteiger partial charge < -0.3 is 9.84 Å². The summed E-state index contributed by atoms with van der Waals surface area (Å²) in [5, 5.41) is 31.3. The van der Waals surface area contributed by atoms with Crippen molar-refractivity contribution in [2.24, 2.45) is 0 Å². The molecule has 1 saturated heterocycles. The van der Waals surface area contributed by atoms with Crippen LogP contribution in [0.5, 0.6) is 5.75 Å². The van der Waals surface area contributed by atoms with Crippen molar-refractivity contribution >= 4 is 51.4 Å². The Bertz CT molecular complexity index is 1670. The highest BCUT2D eigenvalue weighted by atomic mass is 32.2. The molecular formula is C31H28N4O6S2. The number of benzene rings is 3. The molecule has 5 rings (SSSR count). The number of amides is 1. The van der Waals surface area contributed by atoms with Crippen LogP contribution in [0, 0.1) is 17.0 Å². The van der Waals surface area contributed by atoms with E-state index in [4.69, 9.17) is 4.74 Å². The first-order valence-corrected chi connectivity index (χ1v) is 15.4. The Morgan fingerprint density at radius 2 is 1.74 bits per heavy atom. The van der Waals surface area contributed by atoms with E-state index in [1.807, 2.05) is 31.2 Å².